The summed E-state index contributed by atoms with van der Waals surface area (Å²) in [5.41, 5.74) is 1.46. The third-order valence-electron chi connectivity index (χ3n) is 7.49. The number of ether oxygens (including phenoxy) is 1. The number of aliphatic hydroxyl groups is 1. The summed E-state index contributed by atoms with van der Waals surface area (Å²) in [6, 6.07) is 6.78. The van der Waals surface area contributed by atoms with Crippen LogP contribution in [0.25, 0.3) is 0 Å². The van der Waals surface area contributed by atoms with Gasteiger partial charge in [0.2, 0.25) is 11.8 Å². The number of amides is 2. The highest BCUT2D eigenvalue weighted by molar-refractivity contribution is 5.97. The number of pyridine rings is 2. The number of fused-ring (bicyclic) bond motifs is 1. The lowest BCUT2D eigenvalue weighted by Crippen LogP contribution is -2.50. The number of likely N-dealkylation sites (N-methyl/N-ethyl adjacent to an activating group) is 1. The number of likely N-dealkylation sites (tertiary alicyclic amines) is 1. The second kappa shape index (κ2) is 13.5. The monoisotopic (exact) mass is 533 g/mol. The van der Waals surface area contributed by atoms with Gasteiger partial charge in [-0.2, -0.15) is 0 Å². The third-order valence-corrected chi connectivity index (χ3v) is 7.49. The van der Waals surface area contributed by atoms with Crippen LogP contribution in [-0.4, -0.2) is 100 Å². The molecule has 1 fully saturated rings. The summed E-state index contributed by atoms with van der Waals surface area (Å²) in [6.07, 6.45) is 7.00. The molecular weight excluding hydrogens is 494 g/mol. The van der Waals surface area contributed by atoms with Crippen molar-refractivity contribution in [3.8, 4) is 17.7 Å². The zero-order valence-corrected chi connectivity index (χ0v) is 23.2. The van der Waals surface area contributed by atoms with Crippen LogP contribution in [0, 0.1) is 17.8 Å². The lowest BCUT2D eigenvalue weighted by molar-refractivity contribution is -0.131. The highest BCUT2D eigenvalue weighted by atomic mass is 16.5. The van der Waals surface area contributed by atoms with E-state index in [1.165, 1.54) is 19.3 Å². The van der Waals surface area contributed by atoms with Crippen molar-refractivity contribution in [2.24, 2.45) is 5.92 Å². The first-order valence-corrected chi connectivity index (χ1v) is 13.8. The Bertz CT molecular complexity index is 1190. The Balaban J connectivity index is 1.54. The maximum absolute atomic E-state index is 13.6. The Labute approximate surface area is 231 Å². The SMILES string of the molecule is C[C@@H]1CN([C@H](C)CO)C(=O)c2cc(C#Cc3ccccn3)cnc2O[C@@H]1CN(C)C(=O)CCN1CCCCC1. The van der Waals surface area contributed by atoms with Crippen LogP contribution in [0.2, 0.25) is 0 Å². The summed E-state index contributed by atoms with van der Waals surface area (Å²) in [4.78, 5) is 41.0. The van der Waals surface area contributed by atoms with Crippen molar-refractivity contribution < 1.29 is 19.4 Å². The molecule has 2 aromatic rings. The van der Waals surface area contributed by atoms with E-state index in [-0.39, 0.29) is 36.3 Å². The average Bonchev–Trinajstić information content (AvgIpc) is 2.97. The largest absolute Gasteiger partial charge is 0.472 e. The molecule has 2 aliphatic rings. The molecule has 0 aliphatic carbocycles. The van der Waals surface area contributed by atoms with E-state index in [1.54, 1.807) is 35.3 Å². The minimum Gasteiger partial charge on any atom is -0.472 e. The van der Waals surface area contributed by atoms with Crippen LogP contribution in [-0.2, 0) is 4.79 Å². The number of carbonyl (C=O) groups is 2. The van der Waals surface area contributed by atoms with Gasteiger partial charge >= 0.3 is 0 Å². The molecule has 1 N–H and O–H groups in total. The first-order chi connectivity index (χ1) is 18.9. The molecule has 4 heterocycles. The number of nitrogens with zero attached hydrogens (tertiary/aromatic N) is 5. The lowest BCUT2D eigenvalue weighted by atomic mass is 9.99. The van der Waals surface area contributed by atoms with Crippen LogP contribution in [0.15, 0.2) is 36.7 Å². The van der Waals surface area contributed by atoms with Gasteiger partial charge < -0.3 is 24.5 Å². The molecule has 0 spiro atoms. The smallest absolute Gasteiger partial charge is 0.259 e. The molecule has 208 valence electrons. The van der Waals surface area contributed by atoms with Crippen molar-refractivity contribution in [2.75, 3.05) is 46.4 Å². The Morgan fingerprint density at radius 3 is 2.74 bits per heavy atom. The van der Waals surface area contributed by atoms with Crippen molar-refractivity contribution in [2.45, 2.75) is 51.7 Å². The van der Waals surface area contributed by atoms with E-state index in [1.807, 2.05) is 32.0 Å². The van der Waals surface area contributed by atoms with E-state index in [0.717, 1.165) is 19.6 Å². The van der Waals surface area contributed by atoms with Crippen molar-refractivity contribution >= 4 is 11.8 Å². The fraction of sp³-hybridized carbons (Fsp3) is 0.533. The number of piperidine rings is 1. The van der Waals surface area contributed by atoms with Crippen molar-refractivity contribution in [1.82, 2.24) is 24.7 Å². The number of aromatic nitrogens is 2. The quantitative estimate of drug-likeness (QED) is 0.546. The second-order valence-electron chi connectivity index (χ2n) is 10.6. The summed E-state index contributed by atoms with van der Waals surface area (Å²) < 4.78 is 6.33. The average molecular weight is 534 g/mol. The van der Waals surface area contributed by atoms with Crippen LogP contribution in [0.3, 0.4) is 0 Å². The standard InChI is InChI=1S/C30H39N5O4/c1-22-19-35(23(2)21-36)30(38)26-17-24(10-11-25-9-5-6-13-31-25)18-32-29(26)39-27(22)20-33(3)28(37)12-16-34-14-7-4-8-15-34/h5-6,9,13,17-18,22-23,27,36H,4,7-8,12,14-16,19-21H2,1-3H3/t22-,23-,27-/m1/s1. The van der Waals surface area contributed by atoms with Crippen molar-refractivity contribution in [1.29, 1.82) is 0 Å². The molecule has 0 radical (unpaired) electrons. The first kappa shape index (κ1) is 28.5. The van der Waals surface area contributed by atoms with Gasteiger partial charge in [0.1, 0.15) is 17.4 Å². The van der Waals surface area contributed by atoms with Crippen LogP contribution in [0.5, 0.6) is 5.88 Å². The maximum Gasteiger partial charge on any atom is 0.259 e. The Morgan fingerprint density at radius 1 is 1.23 bits per heavy atom. The number of hydrogen-bond donors (Lipinski definition) is 1. The minimum atomic E-state index is -0.390. The van der Waals surface area contributed by atoms with E-state index >= 15 is 0 Å². The normalized spacial score (nSPS) is 20.5. The predicted molar refractivity (Wildman–Crippen MR) is 148 cm³/mol. The molecule has 0 saturated carbocycles. The van der Waals surface area contributed by atoms with E-state index in [4.69, 9.17) is 4.74 Å². The first-order valence-electron chi connectivity index (χ1n) is 13.8. The van der Waals surface area contributed by atoms with Crippen LogP contribution < -0.4 is 4.74 Å². The highest BCUT2D eigenvalue weighted by Crippen LogP contribution is 2.27. The van der Waals surface area contributed by atoms with Crippen molar-refractivity contribution in [3.05, 3.63) is 53.5 Å². The predicted octanol–water partition coefficient (Wildman–Crippen LogP) is 2.43. The molecule has 2 aromatic heterocycles. The van der Waals surface area contributed by atoms with Gasteiger partial charge in [0.05, 0.1) is 19.2 Å². The van der Waals surface area contributed by atoms with Crippen molar-refractivity contribution in [3.63, 3.8) is 0 Å². The van der Waals surface area contributed by atoms with E-state index < -0.39 is 6.04 Å². The molecule has 3 atom stereocenters. The van der Waals surface area contributed by atoms with E-state index in [0.29, 0.717) is 36.3 Å². The van der Waals surface area contributed by atoms with E-state index in [9.17, 15) is 14.7 Å². The Morgan fingerprint density at radius 2 is 2.03 bits per heavy atom. The summed E-state index contributed by atoms with van der Waals surface area (Å²) in [5.74, 6) is 5.94. The van der Waals surface area contributed by atoms with Gasteiger partial charge in [-0.15, -0.1) is 0 Å². The molecule has 4 rings (SSSR count). The topological polar surface area (TPSA) is 99.1 Å². The summed E-state index contributed by atoms with van der Waals surface area (Å²) in [5, 5.41) is 9.89. The molecule has 2 amide bonds. The van der Waals surface area contributed by atoms with Gasteiger partial charge in [-0.3, -0.25) is 9.59 Å². The molecule has 1 saturated heterocycles. The summed E-state index contributed by atoms with van der Waals surface area (Å²) >= 11 is 0. The Hall–Kier alpha value is -3.48. The van der Waals surface area contributed by atoms with Gasteiger partial charge in [-0.25, -0.2) is 9.97 Å². The van der Waals surface area contributed by atoms with Gasteiger partial charge in [-0.1, -0.05) is 25.3 Å². The molecular formula is C30H39N5O4. The fourth-order valence-electron chi connectivity index (χ4n) is 4.96. The number of rotatable bonds is 7. The molecule has 9 heteroatoms. The lowest BCUT2D eigenvalue weighted by Gasteiger charge is -2.37. The fourth-order valence-corrected chi connectivity index (χ4v) is 4.96. The highest BCUT2D eigenvalue weighted by Gasteiger charge is 2.34. The number of carbonyl (C=O) groups excluding carboxylic acids is 2. The molecule has 0 aromatic carbocycles. The zero-order valence-electron chi connectivity index (χ0n) is 23.2. The van der Waals surface area contributed by atoms with Crippen LogP contribution in [0.1, 0.15) is 61.1 Å². The van der Waals surface area contributed by atoms with E-state index in [2.05, 4.69) is 26.7 Å². The third kappa shape index (κ3) is 7.55. The molecule has 9 nitrogen and oxygen atoms in total. The minimum absolute atomic E-state index is 0.0726. The summed E-state index contributed by atoms with van der Waals surface area (Å²) in [6.45, 7) is 7.29. The van der Waals surface area contributed by atoms with Gasteiger partial charge in [0.25, 0.3) is 5.91 Å². The molecule has 0 unspecified atom stereocenters. The van der Waals surface area contributed by atoms with Gasteiger partial charge in [-0.05, 0) is 57.0 Å². The number of aliphatic hydroxyl groups excluding tert-OH is 1. The zero-order chi connectivity index (χ0) is 27.8. The van der Waals surface area contributed by atoms with Gasteiger partial charge in [0.15, 0.2) is 0 Å². The maximum atomic E-state index is 13.6. The summed E-state index contributed by atoms with van der Waals surface area (Å²) in [7, 11) is 1.80. The molecule has 2 aliphatic heterocycles. The molecule has 0 bridgehead atoms. The number of hydrogen-bond acceptors (Lipinski definition) is 7. The Kier molecular flexibility index (Phi) is 9.90. The second-order valence-corrected chi connectivity index (χ2v) is 10.6. The van der Waals surface area contributed by atoms with Crippen LogP contribution in [0.4, 0.5) is 0 Å². The van der Waals surface area contributed by atoms with Crippen LogP contribution >= 0.6 is 0 Å². The van der Waals surface area contributed by atoms with Gasteiger partial charge in [0, 0.05) is 50.4 Å². The molecule has 39 heavy (non-hydrogen) atoms.